The minimum atomic E-state index is -0.0512. The SMILES string of the molecule is CC(=O)N(c1nc(C=Cc2nc3ccccc3s2)cs1)c1cccc(C)c1C. The van der Waals surface area contributed by atoms with Gasteiger partial charge in [0.25, 0.3) is 0 Å². The zero-order valence-electron chi connectivity index (χ0n) is 15.8. The molecule has 4 aromatic rings. The van der Waals surface area contributed by atoms with Crippen molar-refractivity contribution < 1.29 is 4.79 Å². The van der Waals surface area contributed by atoms with Crippen LogP contribution in [0.15, 0.2) is 47.8 Å². The van der Waals surface area contributed by atoms with Crippen molar-refractivity contribution >= 4 is 61.8 Å². The van der Waals surface area contributed by atoms with E-state index in [9.17, 15) is 4.79 Å². The molecule has 6 heteroatoms. The number of thiazole rings is 2. The van der Waals surface area contributed by atoms with E-state index in [0.717, 1.165) is 33.0 Å². The molecule has 0 radical (unpaired) electrons. The Labute approximate surface area is 171 Å². The highest BCUT2D eigenvalue weighted by atomic mass is 32.1. The molecular formula is C22H19N3OS2. The Morgan fingerprint density at radius 2 is 1.86 bits per heavy atom. The highest BCUT2D eigenvalue weighted by molar-refractivity contribution is 7.19. The molecule has 28 heavy (non-hydrogen) atoms. The maximum atomic E-state index is 12.4. The minimum absolute atomic E-state index is 0.0512. The molecule has 140 valence electrons. The van der Waals surface area contributed by atoms with E-state index in [0.29, 0.717) is 5.13 Å². The zero-order chi connectivity index (χ0) is 19.7. The summed E-state index contributed by atoms with van der Waals surface area (Å²) in [5.41, 5.74) is 4.93. The quantitative estimate of drug-likeness (QED) is 0.405. The van der Waals surface area contributed by atoms with Crippen molar-refractivity contribution in [1.82, 2.24) is 9.97 Å². The number of carbonyl (C=O) groups is 1. The molecule has 0 fully saturated rings. The van der Waals surface area contributed by atoms with Crippen molar-refractivity contribution in [3.63, 3.8) is 0 Å². The number of aromatic nitrogens is 2. The van der Waals surface area contributed by atoms with Crippen LogP contribution in [0.3, 0.4) is 0 Å². The van der Waals surface area contributed by atoms with Gasteiger partial charge in [-0.15, -0.1) is 22.7 Å². The largest absolute Gasteiger partial charge is 0.274 e. The first-order valence-electron chi connectivity index (χ1n) is 8.89. The Morgan fingerprint density at radius 1 is 1.04 bits per heavy atom. The summed E-state index contributed by atoms with van der Waals surface area (Å²) in [6.45, 7) is 5.65. The molecule has 0 N–H and O–H groups in total. The van der Waals surface area contributed by atoms with Crippen LogP contribution in [0.4, 0.5) is 10.8 Å². The molecule has 0 atom stereocenters. The lowest BCUT2D eigenvalue weighted by Crippen LogP contribution is -2.23. The molecule has 0 unspecified atom stereocenters. The number of anilines is 2. The van der Waals surface area contributed by atoms with E-state index in [4.69, 9.17) is 0 Å². The van der Waals surface area contributed by atoms with E-state index in [1.54, 1.807) is 23.2 Å². The number of hydrogen-bond donors (Lipinski definition) is 0. The van der Waals surface area contributed by atoms with Crippen LogP contribution >= 0.6 is 22.7 Å². The van der Waals surface area contributed by atoms with Crippen molar-refractivity contribution in [1.29, 1.82) is 0 Å². The van der Waals surface area contributed by atoms with Crippen molar-refractivity contribution in [2.45, 2.75) is 20.8 Å². The molecule has 0 saturated carbocycles. The van der Waals surface area contributed by atoms with Gasteiger partial charge in [-0.2, -0.15) is 0 Å². The second kappa shape index (κ2) is 7.66. The summed E-state index contributed by atoms with van der Waals surface area (Å²) in [5.74, 6) is -0.0512. The Balaban J connectivity index is 1.63. The monoisotopic (exact) mass is 405 g/mol. The summed E-state index contributed by atoms with van der Waals surface area (Å²) in [6, 6.07) is 14.1. The molecule has 2 aromatic heterocycles. The van der Waals surface area contributed by atoms with Gasteiger partial charge in [-0.1, -0.05) is 24.3 Å². The summed E-state index contributed by atoms with van der Waals surface area (Å²) < 4.78 is 1.17. The van der Waals surface area contributed by atoms with Gasteiger partial charge in [-0.05, 0) is 55.3 Å². The van der Waals surface area contributed by atoms with E-state index >= 15 is 0 Å². The average molecular weight is 406 g/mol. The maximum absolute atomic E-state index is 12.4. The third-order valence-electron chi connectivity index (χ3n) is 4.54. The van der Waals surface area contributed by atoms with Crippen molar-refractivity contribution in [3.05, 3.63) is 69.7 Å². The van der Waals surface area contributed by atoms with Gasteiger partial charge in [0.1, 0.15) is 5.01 Å². The van der Waals surface area contributed by atoms with Crippen LogP contribution in [0.1, 0.15) is 28.8 Å². The molecule has 0 aliphatic carbocycles. The minimum Gasteiger partial charge on any atom is -0.274 e. The molecule has 0 spiro atoms. The molecule has 2 heterocycles. The fourth-order valence-corrected chi connectivity index (χ4v) is 4.68. The topological polar surface area (TPSA) is 46.1 Å². The van der Waals surface area contributed by atoms with Crippen LogP contribution in [0, 0.1) is 13.8 Å². The fourth-order valence-electron chi connectivity index (χ4n) is 2.96. The van der Waals surface area contributed by atoms with E-state index in [1.807, 2.05) is 67.8 Å². The standard InChI is InChI=1S/C22H19N3OS2/c1-14-7-6-9-19(15(14)2)25(16(3)26)22-23-17(13-27-22)11-12-21-24-18-8-4-5-10-20(18)28-21/h4-13H,1-3H3. The summed E-state index contributed by atoms with van der Waals surface area (Å²) in [7, 11) is 0. The zero-order valence-corrected chi connectivity index (χ0v) is 17.5. The predicted octanol–water partition coefficient (Wildman–Crippen LogP) is 6.22. The van der Waals surface area contributed by atoms with E-state index in [2.05, 4.69) is 16.0 Å². The van der Waals surface area contributed by atoms with Crippen LogP contribution in [0.2, 0.25) is 0 Å². The van der Waals surface area contributed by atoms with Crippen LogP contribution in [-0.2, 0) is 4.79 Å². The number of nitrogens with zero attached hydrogens (tertiary/aromatic N) is 3. The van der Waals surface area contributed by atoms with Gasteiger partial charge in [0.2, 0.25) is 5.91 Å². The molecule has 0 saturated heterocycles. The molecular weight excluding hydrogens is 386 g/mol. The van der Waals surface area contributed by atoms with Gasteiger partial charge >= 0.3 is 0 Å². The summed E-state index contributed by atoms with van der Waals surface area (Å²) in [4.78, 5) is 23.3. The lowest BCUT2D eigenvalue weighted by Gasteiger charge is -2.21. The van der Waals surface area contributed by atoms with Crippen LogP contribution in [0.5, 0.6) is 0 Å². The number of benzene rings is 2. The molecule has 4 rings (SSSR count). The first kappa shape index (κ1) is 18.5. The smallest absolute Gasteiger partial charge is 0.230 e. The number of rotatable bonds is 4. The molecule has 1 amide bonds. The van der Waals surface area contributed by atoms with Crippen LogP contribution in [-0.4, -0.2) is 15.9 Å². The van der Waals surface area contributed by atoms with Crippen molar-refractivity contribution in [3.8, 4) is 0 Å². The van der Waals surface area contributed by atoms with E-state index in [-0.39, 0.29) is 5.91 Å². The van der Waals surface area contributed by atoms with Crippen molar-refractivity contribution in [2.24, 2.45) is 0 Å². The molecule has 4 nitrogen and oxygen atoms in total. The number of fused-ring (bicyclic) bond motifs is 1. The fraction of sp³-hybridized carbons (Fsp3) is 0.136. The third kappa shape index (κ3) is 3.61. The summed E-state index contributed by atoms with van der Waals surface area (Å²) >= 11 is 3.11. The Kier molecular flexibility index (Phi) is 5.07. The van der Waals surface area contributed by atoms with Gasteiger partial charge in [0, 0.05) is 12.3 Å². The number of aryl methyl sites for hydroxylation is 1. The average Bonchev–Trinajstić information content (AvgIpc) is 3.30. The van der Waals surface area contributed by atoms with Crippen LogP contribution in [0.25, 0.3) is 22.4 Å². The van der Waals surface area contributed by atoms with Gasteiger partial charge < -0.3 is 0 Å². The Hall–Kier alpha value is -2.83. The van der Waals surface area contributed by atoms with Crippen molar-refractivity contribution in [2.75, 3.05) is 4.90 Å². The number of amides is 1. The van der Waals surface area contributed by atoms with Gasteiger partial charge in [0.05, 0.1) is 21.6 Å². The Morgan fingerprint density at radius 3 is 2.64 bits per heavy atom. The van der Waals surface area contributed by atoms with E-state index < -0.39 is 0 Å². The molecule has 0 aliphatic heterocycles. The first-order valence-corrected chi connectivity index (χ1v) is 10.6. The lowest BCUT2D eigenvalue weighted by molar-refractivity contribution is -0.115. The molecule has 0 aliphatic rings. The number of para-hydroxylation sites is 1. The molecule has 0 bridgehead atoms. The predicted molar refractivity (Wildman–Crippen MR) is 119 cm³/mol. The number of carbonyl (C=O) groups excluding carboxylic acids is 1. The normalized spacial score (nSPS) is 11.4. The maximum Gasteiger partial charge on any atom is 0.230 e. The highest BCUT2D eigenvalue weighted by Gasteiger charge is 2.19. The summed E-state index contributed by atoms with van der Waals surface area (Å²) in [6.07, 6.45) is 3.92. The third-order valence-corrected chi connectivity index (χ3v) is 6.39. The first-order chi connectivity index (χ1) is 13.5. The second-order valence-electron chi connectivity index (χ2n) is 6.48. The van der Waals surface area contributed by atoms with Crippen LogP contribution < -0.4 is 4.90 Å². The molecule has 2 aromatic carbocycles. The Bertz CT molecular complexity index is 1160. The van der Waals surface area contributed by atoms with Gasteiger partial charge in [0.15, 0.2) is 5.13 Å². The van der Waals surface area contributed by atoms with E-state index in [1.165, 1.54) is 16.0 Å². The lowest BCUT2D eigenvalue weighted by atomic mass is 10.1. The van der Waals surface area contributed by atoms with Gasteiger partial charge in [-0.25, -0.2) is 9.97 Å². The summed E-state index contributed by atoms with van der Waals surface area (Å²) in [5, 5.41) is 3.57. The second-order valence-corrected chi connectivity index (χ2v) is 8.38. The van der Waals surface area contributed by atoms with Gasteiger partial charge in [-0.3, -0.25) is 9.69 Å². The number of hydrogen-bond acceptors (Lipinski definition) is 5. The highest BCUT2D eigenvalue weighted by Crippen LogP contribution is 2.33.